The first-order valence-corrected chi connectivity index (χ1v) is 6.80. The summed E-state index contributed by atoms with van der Waals surface area (Å²) >= 11 is 0. The SMILES string of the molecule is CNc1nc(Oc2cnn(C(C)C)c2)nc(OC(C)C)n1. The maximum Gasteiger partial charge on any atom is 0.330 e. The van der Waals surface area contributed by atoms with Crippen LogP contribution in [-0.2, 0) is 0 Å². The maximum atomic E-state index is 5.61. The summed E-state index contributed by atoms with van der Waals surface area (Å²) in [6.45, 7) is 7.87. The van der Waals surface area contributed by atoms with Crippen LogP contribution < -0.4 is 14.8 Å². The highest BCUT2D eigenvalue weighted by Gasteiger charge is 2.11. The average molecular weight is 292 g/mol. The van der Waals surface area contributed by atoms with Gasteiger partial charge >= 0.3 is 12.0 Å². The van der Waals surface area contributed by atoms with E-state index in [4.69, 9.17) is 9.47 Å². The lowest BCUT2D eigenvalue weighted by Gasteiger charge is -2.09. The highest BCUT2D eigenvalue weighted by Crippen LogP contribution is 2.21. The first-order chi connectivity index (χ1) is 9.97. The van der Waals surface area contributed by atoms with Crippen LogP contribution >= 0.6 is 0 Å². The van der Waals surface area contributed by atoms with Crippen LogP contribution in [0.2, 0.25) is 0 Å². The number of nitrogens with zero attached hydrogens (tertiary/aromatic N) is 5. The molecule has 0 unspecified atom stereocenters. The molecule has 0 spiro atoms. The molecule has 1 N–H and O–H groups in total. The van der Waals surface area contributed by atoms with E-state index in [1.54, 1.807) is 24.1 Å². The number of nitrogens with one attached hydrogen (secondary N) is 1. The third kappa shape index (κ3) is 4.04. The second-order valence-electron chi connectivity index (χ2n) is 4.99. The second kappa shape index (κ2) is 6.38. The molecule has 0 aromatic carbocycles. The van der Waals surface area contributed by atoms with Gasteiger partial charge in [0.1, 0.15) is 0 Å². The van der Waals surface area contributed by atoms with Gasteiger partial charge in [-0.05, 0) is 27.7 Å². The first-order valence-electron chi connectivity index (χ1n) is 6.80. The largest absolute Gasteiger partial charge is 0.461 e. The van der Waals surface area contributed by atoms with Crippen molar-refractivity contribution < 1.29 is 9.47 Å². The fourth-order valence-corrected chi connectivity index (χ4v) is 1.52. The summed E-state index contributed by atoms with van der Waals surface area (Å²) in [4.78, 5) is 12.4. The summed E-state index contributed by atoms with van der Waals surface area (Å²) in [7, 11) is 1.72. The smallest absolute Gasteiger partial charge is 0.330 e. The summed E-state index contributed by atoms with van der Waals surface area (Å²) in [5.41, 5.74) is 0. The molecule has 21 heavy (non-hydrogen) atoms. The fraction of sp³-hybridized carbons (Fsp3) is 0.538. The summed E-state index contributed by atoms with van der Waals surface area (Å²) in [6, 6.07) is 0.636. The number of rotatable bonds is 6. The van der Waals surface area contributed by atoms with Crippen molar-refractivity contribution in [1.82, 2.24) is 24.7 Å². The van der Waals surface area contributed by atoms with Gasteiger partial charge in [0.25, 0.3) is 0 Å². The minimum Gasteiger partial charge on any atom is -0.461 e. The van der Waals surface area contributed by atoms with Gasteiger partial charge in [-0.15, -0.1) is 4.98 Å². The molecule has 8 nitrogen and oxygen atoms in total. The van der Waals surface area contributed by atoms with Crippen LogP contribution in [0, 0.1) is 0 Å². The Hall–Kier alpha value is -2.38. The minimum atomic E-state index is -0.0337. The van der Waals surface area contributed by atoms with Crippen molar-refractivity contribution >= 4 is 5.95 Å². The van der Waals surface area contributed by atoms with Crippen LogP contribution in [0.5, 0.6) is 17.8 Å². The van der Waals surface area contributed by atoms with Gasteiger partial charge < -0.3 is 14.8 Å². The lowest BCUT2D eigenvalue weighted by Crippen LogP contribution is -2.11. The Kier molecular flexibility index (Phi) is 4.56. The third-order valence-corrected chi connectivity index (χ3v) is 2.48. The van der Waals surface area contributed by atoms with Gasteiger partial charge in [-0.1, -0.05) is 0 Å². The van der Waals surface area contributed by atoms with Crippen molar-refractivity contribution in [3.8, 4) is 17.8 Å². The van der Waals surface area contributed by atoms with Gasteiger partial charge in [0.15, 0.2) is 5.75 Å². The second-order valence-corrected chi connectivity index (χ2v) is 4.99. The molecule has 2 aromatic rings. The fourth-order valence-electron chi connectivity index (χ4n) is 1.52. The van der Waals surface area contributed by atoms with E-state index in [1.807, 2.05) is 27.7 Å². The van der Waals surface area contributed by atoms with Crippen LogP contribution in [0.15, 0.2) is 12.4 Å². The van der Waals surface area contributed by atoms with Gasteiger partial charge in [-0.2, -0.15) is 15.1 Å². The highest BCUT2D eigenvalue weighted by atomic mass is 16.5. The van der Waals surface area contributed by atoms with E-state index in [0.29, 0.717) is 11.7 Å². The number of hydrogen-bond donors (Lipinski definition) is 1. The van der Waals surface area contributed by atoms with E-state index < -0.39 is 0 Å². The molecule has 0 radical (unpaired) electrons. The first kappa shape index (κ1) is 15.0. The van der Waals surface area contributed by atoms with Crippen LogP contribution in [0.3, 0.4) is 0 Å². The normalized spacial score (nSPS) is 11.0. The monoisotopic (exact) mass is 292 g/mol. The molecule has 114 valence electrons. The van der Waals surface area contributed by atoms with Crippen molar-refractivity contribution in [2.24, 2.45) is 0 Å². The van der Waals surface area contributed by atoms with Gasteiger partial charge in [0.2, 0.25) is 5.95 Å². The number of aromatic nitrogens is 5. The molecule has 0 saturated heterocycles. The van der Waals surface area contributed by atoms with Gasteiger partial charge in [-0.3, -0.25) is 4.68 Å². The Bertz CT molecular complexity index is 596. The summed E-state index contributed by atoms with van der Waals surface area (Å²) < 4.78 is 12.9. The van der Waals surface area contributed by atoms with E-state index in [0.717, 1.165) is 0 Å². The van der Waals surface area contributed by atoms with E-state index >= 15 is 0 Å². The zero-order chi connectivity index (χ0) is 15.4. The zero-order valence-corrected chi connectivity index (χ0v) is 12.9. The van der Waals surface area contributed by atoms with Crippen molar-refractivity contribution in [3.63, 3.8) is 0 Å². The number of hydrogen-bond acceptors (Lipinski definition) is 7. The molecule has 0 aliphatic carbocycles. The van der Waals surface area contributed by atoms with Gasteiger partial charge in [0.05, 0.1) is 18.5 Å². The number of anilines is 1. The van der Waals surface area contributed by atoms with Gasteiger partial charge in [0, 0.05) is 13.1 Å². The summed E-state index contributed by atoms with van der Waals surface area (Å²) in [5, 5.41) is 7.05. The zero-order valence-electron chi connectivity index (χ0n) is 12.9. The molecule has 0 aliphatic rings. The molecule has 0 bridgehead atoms. The predicted molar refractivity (Wildman–Crippen MR) is 77.8 cm³/mol. The quantitative estimate of drug-likeness (QED) is 0.873. The van der Waals surface area contributed by atoms with E-state index in [9.17, 15) is 0 Å². The van der Waals surface area contributed by atoms with Crippen LogP contribution in [0.1, 0.15) is 33.7 Å². The average Bonchev–Trinajstić information content (AvgIpc) is 2.86. The van der Waals surface area contributed by atoms with Crippen molar-refractivity contribution in [2.45, 2.75) is 39.8 Å². The molecule has 2 aromatic heterocycles. The number of ether oxygens (including phenoxy) is 2. The van der Waals surface area contributed by atoms with E-state index in [1.165, 1.54) is 0 Å². The Labute approximate surface area is 123 Å². The topological polar surface area (TPSA) is 87.0 Å². The molecule has 8 heteroatoms. The lowest BCUT2D eigenvalue weighted by atomic mass is 10.4. The van der Waals surface area contributed by atoms with E-state index in [-0.39, 0.29) is 24.2 Å². The molecule has 0 saturated carbocycles. The summed E-state index contributed by atoms with van der Waals surface area (Å²) in [5.74, 6) is 0.944. The van der Waals surface area contributed by atoms with Crippen molar-refractivity contribution in [2.75, 3.05) is 12.4 Å². The highest BCUT2D eigenvalue weighted by molar-refractivity contribution is 5.28. The Morgan fingerprint density at radius 2 is 1.81 bits per heavy atom. The Morgan fingerprint density at radius 3 is 2.38 bits per heavy atom. The Balaban J connectivity index is 2.21. The van der Waals surface area contributed by atoms with Crippen molar-refractivity contribution in [3.05, 3.63) is 12.4 Å². The van der Waals surface area contributed by atoms with Crippen LogP contribution in [0.4, 0.5) is 5.95 Å². The van der Waals surface area contributed by atoms with Crippen LogP contribution in [-0.4, -0.2) is 37.9 Å². The molecular formula is C13H20N6O2. The molecule has 2 heterocycles. The molecule has 0 fully saturated rings. The van der Waals surface area contributed by atoms with Gasteiger partial charge in [-0.25, -0.2) is 0 Å². The molecular weight excluding hydrogens is 272 g/mol. The lowest BCUT2D eigenvalue weighted by molar-refractivity contribution is 0.218. The molecule has 0 amide bonds. The molecule has 0 aliphatic heterocycles. The maximum absolute atomic E-state index is 5.61. The molecule has 0 atom stereocenters. The predicted octanol–water partition coefficient (Wildman–Crippen LogP) is 2.27. The van der Waals surface area contributed by atoms with Crippen LogP contribution in [0.25, 0.3) is 0 Å². The summed E-state index contributed by atoms with van der Waals surface area (Å²) in [6.07, 6.45) is 3.37. The standard InChI is InChI=1S/C13H20N6O2/c1-8(2)19-7-10(6-15-19)21-13-17-11(14-5)16-12(18-13)20-9(3)4/h6-9H,1-5H3,(H,14,16,17,18). The third-order valence-electron chi connectivity index (χ3n) is 2.48. The van der Waals surface area contributed by atoms with E-state index in [2.05, 4.69) is 25.4 Å². The molecule has 2 rings (SSSR count). The minimum absolute atomic E-state index is 0.0337. The Morgan fingerprint density at radius 1 is 1.10 bits per heavy atom. The van der Waals surface area contributed by atoms with Crippen molar-refractivity contribution in [1.29, 1.82) is 0 Å².